The molecule has 0 nitrogen and oxygen atoms in total. The lowest BCUT2D eigenvalue weighted by Gasteiger charge is -2.36. The monoisotopic (exact) mass is 812 g/mol. The second-order valence-corrected chi connectivity index (χ2v) is 15.6. The Hall–Kier alpha value is -3.44. The van der Waals surface area contributed by atoms with Gasteiger partial charge in [-0.15, -0.1) is 22.7 Å². The first-order valence-electron chi connectivity index (χ1n) is 14.7. The molecule has 0 atom stereocenters. The summed E-state index contributed by atoms with van der Waals surface area (Å²) in [6.45, 7) is 0. The van der Waals surface area contributed by atoms with Crippen molar-refractivity contribution in [2.75, 3.05) is 0 Å². The molecule has 0 saturated carbocycles. The van der Waals surface area contributed by atoms with E-state index in [1.165, 1.54) is 12.1 Å². The Bertz CT molecular complexity index is 2060. The van der Waals surface area contributed by atoms with E-state index < -0.39 is 34.3 Å². The fourth-order valence-electron chi connectivity index (χ4n) is 6.83. The Morgan fingerprint density at radius 2 is 0.812 bits per heavy atom. The van der Waals surface area contributed by atoms with Gasteiger partial charge >= 0.3 is 17.8 Å². The summed E-state index contributed by atoms with van der Waals surface area (Å²) in [6, 6.07) is 35.1. The molecule has 10 heteroatoms. The first-order valence-corrected chi connectivity index (χ1v) is 17.9. The van der Waals surface area contributed by atoms with Gasteiger partial charge in [-0.3, -0.25) is 0 Å². The molecule has 0 spiro atoms. The molecule has 2 aliphatic rings. The average Bonchev–Trinajstić information content (AvgIpc) is 3.71. The van der Waals surface area contributed by atoms with Gasteiger partial charge < -0.3 is 0 Å². The summed E-state index contributed by atoms with van der Waals surface area (Å²) >= 11 is 9.13. The number of allylic oxidation sites excluding steroid dienone is 2. The molecule has 0 saturated heterocycles. The molecule has 2 aromatic heterocycles. The second-order valence-electron chi connectivity index (χ2n) is 11.7. The number of halogens is 8. The van der Waals surface area contributed by atoms with Crippen molar-refractivity contribution in [3.8, 4) is 20.9 Å². The molecule has 6 aromatic rings. The molecule has 0 fully saturated rings. The van der Waals surface area contributed by atoms with E-state index in [1.54, 1.807) is 72.8 Å². The SMILES string of the molecule is FC1(F)C2=C(c3cc(-c4ccc(Br)cc4)sc3C(c3ccccc3)(c3ccccc3)c3sc(-c4ccc(Br)cc4)cc32)C(F)(F)C1(F)F. The molecule has 0 amide bonds. The predicted molar refractivity (Wildman–Crippen MR) is 188 cm³/mol. The van der Waals surface area contributed by atoms with Crippen LogP contribution in [0.1, 0.15) is 32.0 Å². The molecule has 8 rings (SSSR count). The molecule has 0 bridgehead atoms. The lowest BCUT2D eigenvalue weighted by molar-refractivity contribution is -0.254. The maximum Gasteiger partial charge on any atom is 0.380 e. The van der Waals surface area contributed by atoms with Crippen LogP contribution in [0.4, 0.5) is 26.3 Å². The smallest absolute Gasteiger partial charge is 0.194 e. The van der Waals surface area contributed by atoms with Crippen molar-refractivity contribution in [3.63, 3.8) is 0 Å². The lowest BCUT2D eigenvalue weighted by atomic mass is 9.70. The number of benzene rings is 4. The Morgan fingerprint density at radius 3 is 1.17 bits per heavy atom. The van der Waals surface area contributed by atoms with Crippen molar-refractivity contribution in [3.05, 3.63) is 162 Å². The lowest BCUT2D eigenvalue weighted by Crippen LogP contribution is -2.49. The first kappa shape index (κ1) is 31.8. The standard InChI is InChI=1S/C38H20Br2F6S2/c39-25-15-11-21(12-16-25)29-19-27-31-32(37(43,44)38(45,46)36(31,41)42)28-20-30(22-13-17-26(40)18-14-22)48-34(28)35(33(27)47-29,23-7-3-1-4-8-23)24-9-5-2-6-10-24/h1-20H. The van der Waals surface area contributed by atoms with Crippen LogP contribution < -0.4 is 0 Å². The molecule has 0 radical (unpaired) electrons. The second kappa shape index (κ2) is 11.0. The van der Waals surface area contributed by atoms with Crippen molar-refractivity contribution in [2.45, 2.75) is 23.2 Å². The summed E-state index contributed by atoms with van der Waals surface area (Å²) in [6.07, 6.45) is 0. The Morgan fingerprint density at radius 1 is 0.458 bits per heavy atom. The third kappa shape index (κ3) is 4.31. The van der Waals surface area contributed by atoms with Crippen LogP contribution in [-0.4, -0.2) is 17.8 Å². The van der Waals surface area contributed by atoms with Gasteiger partial charge in [0.15, 0.2) is 0 Å². The topological polar surface area (TPSA) is 0 Å². The molecule has 4 aromatic carbocycles. The number of thiophene rings is 2. The molecule has 0 unspecified atom stereocenters. The van der Waals surface area contributed by atoms with Crippen LogP contribution in [0.2, 0.25) is 0 Å². The van der Waals surface area contributed by atoms with Gasteiger partial charge in [0.25, 0.3) is 0 Å². The van der Waals surface area contributed by atoms with Crippen molar-refractivity contribution in [1.82, 2.24) is 0 Å². The Labute approximate surface area is 296 Å². The highest BCUT2D eigenvalue weighted by Crippen LogP contribution is 2.70. The largest absolute Gasteiger partial charge is 0.380 e. The van der Waals surface area contributed by atoms with Crippen molar-refractivity contribution < 1.29 is 26.3 Å². The van der Waals surface area contributed by atoms with Gasteiger partial charge in [-0.1, -0.05) is 117 Å². The van der Waals surface area contributed by atoms with Gasteiger partial charge in [-0.2, -0.15) is 26.3 Å². The van der Waals surface area contributed by atoms with E-state index in [1.807, 2.05) is 36.4 Å². The molecule has 2 aliphatic carbocycles. The van der Waals surface area contributed by atoms with Gasteiger partial charge in [-0.25, -0.2) is 0 Å². The summed E-state index contributed by atoms with van der Waals surface area (Å²) in [5, 5.41) is 0. The zero-order chi connectivity index (χ0) is 33.6. The zero-order valence-corrected chi connectivity index (χ0v) is 29.2. The summed E-state index contributed by atoms with van der Waals surface area (Å²) < 4.78 is 97.9. The molecule has 0 aliphatic heterocycles. The van der Waals surface area contributed by atoms with Gasteiger partial charge in [0, 0.05) is 50.7 Å². The molecule has 48 heavy (non-hydrogen) atoms. The highest BCUT2D eigenvalue weighted by Gasteiger charge is 2.81. The Kier molecular flexibility index (Phi) is 7.31. The van der Waals surface area contributed by atoms with Crippen molar-refractivity contribution >= 4 is 65.7 Å². The summed E-state index contributed by atoms with van der Waals surface area (Å²) in [5.41, 5.74) is -2.17. The van der Waals surface area contributed by atoms with Crippen LogP contribution in [0.15, 0.2) is 130 Å². The minimum absolute atomic E-state index is 0.265. The highest BCUT2D eigenvalue weighted by molar-refractivity contribution is 9.10. The van der Waals surface area contributed by atoms with Crippen LogP contribution in [-0.2, 0) is 5.41 Å². The molecule has 0 N–H and O–H groups in total. The third-order valence-electron chi connectivity index (χ3n) is 9.02. The van der Waals surface area contributed by atoms with Crippen LogP contribution >= 0.6 is 54.5 Å². The fourth-order valence-corrected chi connectivity index (χ4v) is 10.2. The van der Waals surface area contributed by atoms with E-state index in [0.29, 0.717) is 32.0 Å². The number of alkyl halides is 6. The van der Waals surface area contributed by atoms with E-state index in [0.717, 1.165) is 31.6 Å². The number of hydrogen-bond donors (Lipinski definition) is 0. The number of fused-ring (bicyclic) bond motifs is 4. The third-order valence-corrected chi connectivity index (χ3v) is 12.7. The van der Waals surface area contributed by atoms with E-state index in [9.17, 15) is 0 Å². The zero-order valence-electron chi connectivity index (χ0n) is 24.4. The van der Waals surface area contributed by atoms with Gasteiger partial charge in [-0.05, 0) is 58.7 Å². The van der Waals surface area contributed by atoms with Crippen LogP contribution in [0, 0.1) is 0 Å². The number of rotatable bonds is 4. The maximum atomic E-state index is 16.3. The quantitative estimate of drug-likeness (QED) is 0.156. The molecular formula is C38H20Br2F6S2. The minimum Gasteiger partial charge on any atom is -0.194 e. The summed E-state index contributed by atoms with van der Waals surface area (Å²) in [4.78, 5) is 1.50. The number of hydrogen-bond acceptors (Lipinski definition) is 2. The van der Waals surface area contributed by atoms with Gasteiger partial charge in [0.05, 0.1) is 5.41 Å². The molecule has 2 heterocycles. The first-order chi connectivity index (χ1) is 22.9. The van der Waals surface area contributed by atoms with Gasteiger partial charge in [0.1, 0.15) is 0 Å². The van der Waals surface area contributed by atoms with Crippen molar-refractivity contribution in [2.24, 2.45) is 0 Å². The maximum absolute atomic E-state index is 16.3. The fraction of sp³-hybridized carbons (Fsp3) is 0.105. The molecule has 240 valence electrons. The summed E-state index contributed by atoms with van der Waals surface area (Å²) in [5.74, 6) is -16.0. The average molecular weight is 815 g/mol. The van der Waals surface area contributed by atoms with Crippen LogP contribution in [0.5, 0.6) is 0 Å². The minimum atomic E-state index is -5.67. The van der Waals surface area contributed by atoms with E-state index in [4.69, 9.17) is 0 Å². The van der Waals surface area contributed by atoms with E-state index >= 15 is 26.3 Å². The molecular weight excluding hydrogens is 794 g/mol. The van der Waals surface area contributed by atoms with Crippen LogP contribution in [0.25, 0.3) is 32.0 Å². The van der Waals surface area contributed by atoms with Crippen LogP contribution in [0.3, 0.4) is 0 Å². The van der Waals surface area contributed by atoms with E-state index in [-0.39, 0.29) is 20.9 Å². The van der Waals surface area contributed by atoms with Gasteiger partial charge in [0.2, 0.25) is 0 Å². The predicted octanol–water partition coefficient (Wildman–Crippen LogP) is 13.2. The summed E-state index contributed by atoms with van der Waals surface area (Å²) in [7, 11) is 0. The normalized spacial score (nSPS) is 18.2. The van der Waals surface area contributed by atoms with Crippen molar-refractivity contribution in [1.29, 1.82) is 0 Å². The highest BCUT2D eigenvalue weighted by atomic mass is 79.9. The van der Waals surface area contributed by atoms with E-state index in [2.05, 4.69) is 31.9 Å². The Balaban J connectivity index is 1.59.